The van der Waals surface area contributed by atoms with Crippen LogP contribution < -0.4 is 16.4 Å². The zero-order valence-electron chi connectivity index (χ0n) is 10.7. The van der Waals surface area contributed by atoms with Crippen LogP contribution in [-0.4, -0.2) is 39.1 Å². The third-order valence-electron chi connectivity index (χ3n) is 2.26. The van der Waals surface area contributed by atoms with Gasteiger partial charge in [-0.1, -0.05) is 18.2 Å². The minimum atomic E-state index is -0.538. The predicted molar refractivity (Wildman–Crippen MR) is 76.4 cm³/mol. The molecule has 0 radical (unpaired) electrons. The highest BCUT2D eigenvalue weighted by Gasteiger charge is 2.07. The van der Waals surface area contributed by atoms with E-state index in [-0.39, 0.29) is 19.1 Å². The third kappa shape index (κ3) is 6.97. The van der Waals surface area contributed by atoms with Crippen molar-refractivity contribution in [1.82, 2.24) is 0 Å². The van der Waals surface area contributed by atoms with E-state index in [4.69, 9.17) is 20.9 Å². The number of nitrogens with zero attached hydrogens (tertiary/aromatic N) is 1. The summed E-state index contributed by atoms with van der Waals surface area (Å²) in [5.41, 5.74) is 11.1. The standard InChI is InChI=1S/C8H11N3O.C4H8O2.ClH/c9-6-11(8(10)12)7-4-2-1-3-5-7;1-2-6-4-3-5-1;/h1-5H,6,9H2,(H2,10,12);1-4H2;1H. The van der Waals surface area contributed by atoms with E-state index in [1.165, 1.54) is 4.90 Å². The Bertz CT molecular complexity index is 336. The fourth-order valence-electron chi connectivity index (χ4n) is 1.37. The number of carbonyl (C=O) groups excluding carboxylic acids is 1. The van der Waals surface area contributed by atoms with Gasteiger partial charge in [0, 0.05) is 5.69 Å². The molecule has 1 saturated heterocycles. The van der Waals surface area contributed by atoms with Gasteiger partial charge in [0.1, 0.15) is 0 Å². The molecule has 4 N–H and O–H groups in total. The number of ether oxygens (including phenoxy) is 2. The van der Waals surface area contributed by atoms with Crippen molar-refractivity contribution in [3.8, 4) is 0 Å². The van der Waals surface area contributed by atoms with Crippen LogP contribution in [0, 0.1) is 0 Å². The molecule has 6 nitrogen and oxygen atoms in total. The summed E-state index contributed by atoms with van der Waals surface area (Å²) in [5.74, 6) is 0. The highest BCUT2D eigenvalue weighted by Crippen LogP contribution is 2.10. The maximum atomic E-state index is 10.8. The van der Waals surface area contributed by atoms with Crippen molar-refractivity contribution >= 4 is 24.1 Å². The Labute approximate surface area is 119 Å². The molecule has 1 aromatic rings. The second kappa shape index (κ2) is 10.6. The van der Waals surface area contributed by atoms with Gasteiger partial charge >= 0.3 is 6.03 Å². The number of amides is 2. The summed E-state index contributed by atoms with van der Waals surface area (Å²) in [6, 6.07) is 8.51. The Morgan fingerprint density at radius 1 is 1.11 bits per heavy atom. The number of rotatable bonds is 2. The molecule has 0 spiro atoms. The number of benzene rings is 1. The van der Waals surface area contributed by atoms with Gasteiger partial charge in [-0.3, -0.25) is 4.90 Å². The van der Waals surface area contributed by atoms with Crippen molar-refractivity contribution in [3.05, 3.63) is 30.3 Å². The highest BCUT2D eigenvalue weighted by molar-refractivity contribution is 5.90. The quantitative estimate of drug-likeness (QED) is 0.793. The lowest BCUT2D eigenvalue weighted by molar-refractivity contribution is -0.0334. The van der Waals surface area contributed by atoms with Crippen LogP contribution in [0.5, 0.6) is 0 Å². The van der Waals surface area contributed by atoms with E-state index in [9.17, 15) is 4.79 Å². The van der Waals surface area contributed by atoms with Crippen LogP contribution in [0.3, 0.4) is 0 Å². The first-order valence-electron chi connectivity index (χ1n) is 5.73. The third-order valence-corrected chi connectivity index (χ3v) is 2.26. The molecule has 1 aromatic carbocycles. The summed E-state index contributed by atoms with van der Waals surface area (Å²) < 4.78 is 9.89. The van der Waals surface area contributed by atoms with Crippen molar-refractivity contribution < 1.29 is 14.3 Å². The van der Waals surface area contributed by atoms with E-state index in [0.29, 0.717) is 5.69 Å². The molecule has 0 atom stereocenters. The molecule has 0 saturated carbocycles. The number of halogens is 1. The summed E-state index contributed by atoms with van der Waals surface area (Å²) in [4.78, 5) is 12.1. The lowest BCUT2D eigenvalue weighted by atomic mass is 10.3. The number of hydrogen-bond acceptors (Lipinski definition) is 4. The maximum absolute atomic E-state index is 10.8. The molecule has 2 amide bonds. The average molecular weight is 290 g/mol. The van der Waals surface area contributed by atoms with Gasteiger partial charge in [0.05, 0.1) is 33.1 Å². The van der Waals surface area contributed by atoms with Crippen LogP contribution >= 0.6 is 12.4 Å². The van der Waals surface area contributed by atoms with Gasteiger partial charge in [-0.2, -0.15) is 0 Å². The van der Waals surface area contributed by atoms with Crippen molar-refractivity contribution in [2.24, 2.45) is 11.5 Å². The summed E-state index contributed by atoms with van der Waals surface area (Å²) in [6.45, 7) is 3.21. The number of anilines is 1. The van der Waals surface area contributed by atoms with Gasteiger partial charge in [0.2, 0.25) is 0 Å². The van der Waals surface area contributed by atoms with Gasteiger partial charge in [-0.25, -0.2) is 4.79 Å². The van der Waals surface area contributed by atoms with E-state index in [1.54, 1.807) is 12.1 Å². The first-order chi connectivity index (χ1) is 8.75. The van der Waals surface area contributed by atoms with Crippen molar-refractivity contribution in [3.63, 3.8) is 0 Å². The summed E-state index contributed by atoms with van der Waals surface area (Å²) >= 11 is 0. The second-order valence-electron chi connectivity index (χ2n) is 3.51. The minimum Gasteiger partial charge on any atom is -0.377 e. The van der Waals surface area contributed by atoms with Crippen LogP contribution in [0.15, 0.2) is 30.3 Å². The van der Waals surface area contributed by atoms with Crippen molar-refractivity contribution in [2.45, 2.75) is 0 Å². The minimum absolute atomic E-state index is 0. The zero-order valence-corrected chi connectivity index (χ0v) is 11.5. The van der Waals surface area contributed by atoms with E-state index < -0.39 is 6.03 Å². The zero-order chi connectivity index (χ0) is 13.2. The van der Waals surface area contributed by atoms with Crippen LogP contribution in [-0.2, 0) is 9.47 Å². The summed E-state index contributed by atoms with van der Waals surface area (Å²) in [6.07, 6.45) is 0. The number of urea groups is 1. The van der Waals surface area contributed by atoms with Crippen molar-refractivity contribution in [1.29, 1.82) is 0 Å². The van der Waals surface area contributed by atoms with Crippen LogP contribution in [0.1, 0.15) is 0 Å². The largest absolute Gasteiger partial charge is 0.377 e. The summed E-state index contributed by atoms with van der Waals surface area (Å²) in [5, 5.41) is 0. The second-order valence-corrected chi connectivity index (χ2v) is 3.51. The number of nitrogens with two attached hydrogens (primary N) is 2. The number of hydrogen-bond donors (Lipinski definition) is 2. The number of carbonyl (C=O) groups is 1. The van der Waals surface area contributed by atoms with Crippen molar-refractivity contribution in [2.75, 3.05) is 38.0 Å². The lowest BCUT2D eigenvalue weighted by Gasteiger charge is -2.17. The average Bonchev–Trinajstić information content (AvgIpc) is 2.43. The molecule has 1 fully saturated rings. The molecule has 7 heteroatoms. The smallest absolute Gasteiger partial charge is 0.320 e. The number of primary amides is 1. The highest BCUT2D eigenvalue weighted by atomic mass is 35.5. The van der Waals surface area contributed by atoms with Crippen LogP contribution in [0.4, 0.5) is 10.5 Å². The van der Waals surface area contributed by atoms with Gasteiger partial charge in [-0.15, -0.1) is 12.4 Å². The first kappa shape index (κ1) is 17.7. The van der Waals surface area contributed by atoms with E-state index in [1.807, 2.05) is 18.2 Å². The van der Waals surface area contributed by atoms with E-state index >= 15 is 0 Å². The molecule has 1 heterocycles. The van der Waals surface area contributed by atoms with E-state index in [0.717, 1.165) is 26.4 Å². The Balaban J connectivity index is 0.000000392. The van der Waals surface area contributed by atoms with Gasteiger partial charge < -0.3 is 20.9 Å². The fourth-order valence-corrected chi connectivity index (χ4v) is 1.37. The van der Waals surface area contributed by atoms with Crippen LogP contribution in [0.25, 0.3) is 0 Å². The Kier molecular flexibility index (Phi) is 9.82. The lowest BCUT2D eigenvalue weighted by Crippen LogP contribution is -2.39. The molecule has 108 valence electrons. The Hall–Kier alpha value is -1.34. The molecule has 2 rings (SSSR count). The monoisotopic (exact) mass is 289 g/mol. The van der Waals surface area contributed by atoms with E-state index in [2.05, 4.69) is 0 Å². The molecular weight excluding hydrogens is 270 g/mol. The topological polar surface area (TPSA) is 90.8 Å². The number of para-hydroxylation sites is 1. The molecule has 0 aromatic heterocycles. The summed E-state index contributed by atoms with van der Waals surface area (Å²) in [7, 11) is 0. The van der Waals surface area contributed by atoms with Gasteiger partial charge in [0.25, 0.3) is 0 Å². The van der Waals surface area contributed by atoms with Crippen LogP contribution in [0.2, 0.25) is 0 Å². The van der Waals surface area contributed by atoms with Gasteiger partial charge in [0.15, 0.2) is 0 Å². The first-order valence-corrected chi connectivity index (χ1v) is 5.73. The Morgan fingerprint density at radius 2 is 1.58 bits per heavy atom. The maximum Gasteiger partial charge on any atom is 0.320 e. The predicted octanol–water partition coefficient (Wildman–Crippen LogP) is 0.943. The molecular formula is C12H20ClN3O3. The Morgan fingerprint density at radius 3 is 1.89 bits per heavy atom. The molecule has 0 unspecified atom stereocenters. The van der Waals surface area contributed by atoms with Gasteiger partial charge in [-0.05, 0) is 12.1 Å². The molecule has 1 aliphatic heterocycles. The molecule has 0 aliphatic carbocycles. The fraction of sp³-hybridized carbons (Fsp3) is 0.417. The molecule has 19 heavy (non-hydrogen) atoms. The molecule has 0 bridgehead atoms. The SMILES string of the molecule is C1COCCO1.Cl.NCN(C(N)=O)c1ccccc1. The molecule has 1 aliphatic rings. The normalized spacial score (nSPS) is 13.5.